The van der Waals surface area contributed by atoms with Crippen molar-refractivity contribution in [1.29, 1.82) is 0 Å². The Morgan fingerprint density at radius 3 is 2.57 bits per heavy atom. The topological polar surface area (TPSA) is 85.1 Å². The molecule has 2 aromatic rings. The van der Waals surface area contributed by atoms with Gasteiger partial charge in [-0.2, -0.15) is 13.2 Å². The summed E-state index contributed by atoms with van der Waals surface area (Å²) in [7, 11) is 0. The number of rotatable bonds is 2. The standard InChI is InChI=1S/C12H8F3N3O3/c1-6-17-9(5-21-6)11(20)18-10(19)7-4-16-3-2-8(7)12(13,14)15/h2-5H,1H3,(H,18,19,20). The first-order valence-corrected chi connectivity index (χ1v) is 5.58. The van der Waals surface area contributed by atoms with E-state index in [0.717, 1.165) is 18.7 Å². The van der Waals surface area contributed by atoms with Gasteiger partial charge >= 0.3 is 6.18 Å². The normalized spacial score (nSPS) is 11.2. The fourth-order valence-electron chi connectivity index (χ4n) is 1.52. The molecule has 0 spiro atoms. The summed E-state index contributed by atoms with van der Waals surface area (Å²) in [6, 6.07) is 0.652. The third kappa shape index (κ3) is 3.25. The molecule has 0 atom stereocenters. The van der Waals surface area contributed by atoms with Gasteiger partial charge in [0.25, 0.3) is 11.8 Å². The van der Waals surface area contributed by atoms with Crippen LogP contribution in [0.1, 0.15) is 32.3 Å². The second kappa shape index (κ2) is 5.35. The maximum absolute atomic E-state index is 12.8. The van der Waals surface area contributed by atoms with E-state index in [2.05, 4.69) is 9.97 Å². The van der Waals surface area contributed by atoms with Gasteiger partial charge in [0.2, 0.25) is 0 Å². The molecule has 2 aromatic heterocycles. The molecule has 0 aliphatic rings. The molecule has 0 saturated carbocycles. The highest BCUT2D eigenvalue weighted by molar-refractivity contribution is 6.10. The summed E-state index contributed by atoms with van der Waals surface area (Å²) in [5.41, 5.74) is -2.14. The lowest BCUT2D eigenvalue weighted by atomic mass is 10.1. The van der Waals surface area contributed by atoms with E-state index >= 15 is 0 Å². The first kappa shape index (κ1) is 14.7. The van der Waals surface area contributed by atoms with Crippen LogP contribution in [0.5, 0.6) is 0 Å². The summed E-state index contributed by atoms with van der Waals surface area (Å²) >= 11 is 0. The Balaban J connectivity index is 2.24. The van der Waals surface area contributed by atoms with Crippen molar-refractivity contribution in [2.24, 2.45) is 0 Å². The lowest BCUT2D eigenvalue weighted by Gasteiger charge is -2.11. The predicted molar refractivity (Wildman–Crippen MR) is 62.3 cm³/mol. The van der Waals surface area contributed by atoms with E-state index in [4.69, 9.17) is 4.42 Å². The van der Waals surface area contributed by atoms with Crippen LogP contribution in [0.25, 0.3) is 0 Å². The van der Waals surface area contributed by atoms with Gasteiger partial charge < -0.3 is 4.42 Å². The number of hydrogen-bond acceptors (Lipinski definition) is 5. The van der Waals surface area contributed by atoms with Gasteiger partial charge in [-0.1, -0.05) is 0 Å². The van der Waals surface area contributed by atoms with Gasteiger partial charge in [-0.05, 0) is 6.07 Å². The minimum atomic E-state index is -4.73. The van der Waals surface area contributed by atoms with Crippen LogP contribution in [-0.2, 0) is 6.18 Å². The molecule has 2 amide bonds. The van der Waals surface area contributed by atoms with Crippen LogP contribution in [0.3, 0.4) is 0 Å². The van der Waals surface area contributed by atoms with Crippen molar-refractivity contribution in [3.8, 4) is 0 Å². The van der Waals surface area contributed by atoms with Gasteiger partial charge in [0.15, 0.2) is 11.6 Å². The van der Waals surface area contributed by atoms with Crippen LogP contribution in [0, 0.1) is 6.92 Å². The minimum absolute atomic E-state index is 0.185. The zero-order chi connectivity index (χ0) is 15.6. The van der Waals surface area contributed by atoms with Crippen LogP contribution < -0.4 is 5.32 Å². The summed E-state index contributed by atoms with van der Waals surface area (Å²) in [6.07, 6.45) is -2.10. The number of amides is 2. The second-order valence-corrected chi connectivity index (χ2v) is 3.95. The molecule has 2 rings (SSSR count). The second-order valence-electron chi connectivity index (χ2n) is 3.95. The molecule has 0 saturated heterocycles. The third-order valence-electron chi connectivity index (χ3n) is 2.45. The molecule has 0 aliphatic carbocycles. The third-order valence-corrected chi connectivity index (χ3v) is 2.45. The lowest BCUT2D eigenvalue weighted by Crippen LogP contribution is -2.32. The van der Waals surface area contributed by atoms with Crippen LogP contribution in [0.2, 0.25) is 0 Å². The monoisotopic (exact) mass is 299 g/mol. The lowest BCUT2D eigenvalue weighted by molar-refractivity contribution is -0.138. The average molecular weight is 299 g/mol. The van der Waals surface area contributed by atoms with Crippen LogP contribution in [-0.4, -0.2) is 21.8 Å². The number of carbonyl (C=O) groups excluding carboxylic acids is 2. The van der Waals surface area contributed by atoms with Gasteiger partial charge in [-0.15, -0.1) is 0 Å². The summed E-state index contributed by atoms with van der Waals surface area (Å²) in [6.45, 7) is 1.47. The van der Waals surface area contributed by atoms with E-state index < -0.39 is 29.1 Å². The van der Waals surface area contributed by atoms with E-state index in [1.807, 2.05) is 0 Å². The Morgan fingerprint density at radius 1 is 1.29 bits per heavy atom. The highest BCUT2D eigenvalue weighted by Gasteiger charge is 2.35. The van der Waals surface area contributed by atoms with Crippen LogP contribution in [0.15, 0.2) is 29.1 Å². The summed E-state index contributed by atoms with van der Waals surface area (Å²) in [4.78, 5) is 30.5. The number of carbonyl (C=O) groups is 2. The minimum Gasteiger partial charge on any atom is -0.448 e. The molecule has 110 valence electrons. The molecule has 0 radical (unpaired) electrons. The molecule has 0 unspecified atom stereocenters. The molecule has 0 fully saturated rings. The first-order chi connectivity index (χ1) is 9.79. The van der Waals surface area contributed by atoms with E-state index in [9.17, 15) is 22.8 Å². The van der Waals surface area contributed by atoms with Crippen LogP contribution >= 0.6 is 0 Å². The number of pyridine rings is 1. The maximum Gasteiger partial charge on any atom is 0.417 e. The van der Waals surface area contributed by atoms with Crippen molar-refractivity contribution >= 4 is 11.8 Å². The summed E-state index contributed by atoms with van der Waals surface area (Å²) in [5.74, 6) is -2.00. The highest BCUT2D eigenvalue weighted by Crippen LogP contribution is 2.31. The Kier molecular flexibility index (Phi) is 3.74. The fourth-order valence-corrected chi connectivity index (χ4v) is 1.52. The smallest absolute Gasteiger partial charge is 0.417 e. The van der Waals surface area contributed by atoms with Crippen LogP contribution in [0.4, 0.5) is 13.2 Å². The quantitative estimate of drug-likeness (QED) is 0.857. The molecule has 0 bridgehead atoms. The molecule has 0 aromatic carbocycles. The Hall–Kier alpha value is -2.71. The van der Waals surface area contributed by atoms with E-state index in [1.54, 1.807) is 5.32 Å². The summed E-state index contributed by atoms with van der Waals surface area (Å²) < 4.78 is 43.0. The number of oxazole rings is 1. The SMILES string of the molecule is Cc1nc(C(=O)NC(=O)c2cnccc2C(F)(F)F)co1. The van der Waals surface area contributed by atoms with Crippen molar-refractivity contribution in [2.75, 3.05) is 0 Å². The van der Waals surface area contributed by atoms with E-state index in [-0.39, 0.29) is 11.6 Å². The number of nitrogens with zero attached hydrogens (tertiary/aromatic N) is 2. The van der Waals surface area contributed by atoms with E-state index in [0.29, 0.717) is 6.07 Å². The van der Waals surface area contributed by atoms with Gasteiger partial charge in [-0.25, -0.2) is 4.98 Å². The number of hydrogen-bond donors (Lipinski definition) is 1. The van der Waals surface area contributed by atoms with Crippen molar-refractivity contribution in [3.05, 3.63) is 47.4 Å². The highest BCUT2D eigenvalue weighted by atomic mass is 19.4. The van der Waals surface area contributed by atoms with Crippen molar-refractivity contribution in [2.45, 2.75) is 13.1 Å². The molecule has 6 nitrogen and oxygen atoms in total. The summed E-state index contributed by atoms with van der Waals surface area (Å²) in [5, 5.41) is 1.80. The number of alkyl halides is 3. The molecule has 0 aliphatic heterocycles. The van der Waals surface area contributed by atoms with E-state index in [1.165, 1.54) is 6.92 Å². The Labute approximate surface area is 116 Å². The van der Waals surface area contributed by atoms with Crippen molar-refractivity contribution < 1.29 is 27.2 Å². The predicted octanol–water partition coefficient (Wildman–Crippen LogP) is 1.97. The average Bonchev–Trinajstić information content (AvgIpc) is 2.84. The molecule has 9 heteroatoms. The Bertz CT molecular complexity index is 694. The Morgan fingerprint density at radius 2 is 2.00 bits per heavy atom. The number of aryl methyl sites for hydroxylation is 1. The number of imide groups is 1. The van der Waals surface area contributed by atoms with Gasteiger partial charge in [0, 0.05) is 19.3 Å². The molecule has 21 heavy (non-hydrogen) atoms. The van der Waals surface area contributed by atoms with Gasteiger partial charge in [0.1, 0.15) is 6.26 Å². The fraction of sp³-hybridized carbons (Fsp3) is 0.167. The molecular formula is C12H8F3N3O3. The largest absolute Gasteiger partial charge is 0.448 e. The molecule has 2 heterocycles. The first-order valence-electron chi connectivity index (χ1n) is 5.58. The van der Waals surface area contributed by atoms with Crippen molar-refractivity contribution in [3.63, 3.8) is 0 Å². The molecular weight excluding hydrogens is 291 g/mol. The zero-order valence-corrected chi connectivity index (χ0v) is 10.6. The zero-order valence-electron chi connectivity index (χ0n) is 10.6. The number of halogens is 3. The molecule has 1 N–H and O–H groups in total. The number of nitrogens with one attached hydrogen (secondary N) is 1. The maximum atomic E-state index is 12.8. The van der Waals surface area contributed by atoms with Gasteiger partial charge in [0.05, 0.1) is 11.1 Å². The number of aromatic nitrogens is 2. The van der Waals surface area contributed by atoms with Crippen molar-refractivity contribution in [1.82, 2.24) is 15.3 Å². The van der Waals surface area contributed by atoms with Gasteiger partial charge in [-0.3, -0.25) is 19.9 Å².